The second kappa shape index (κ2) is 4.49. The monoisotopic (exact) mass is 287 g/mol. The topological polar surface area (TPSA) is 22.0 Å². The lowest BCUT2D eigenvalue weighted by Gasteiger charge is -2.30. The summed E-state index contributed by atoms with van der Waals surface area (Å²) in [6.45, 7) is 6.33. The zero-order valence-corrected chi connectivity index (χ0v) is 12.8. The molecule has 0 atom stereocenters. The number of fused-ring (bicyclic) bond motifs is 1. The standard InChI is InChI=1S/C17H18ClNO/c1-11-5-4-6-13(18)16(11)19-8-7-12-14(19)9-17(2,3)10-15(12)20/h4-8H,9-10H2,1-3H3. The van der Waals surface area contributed by atoms with Crippen molar-refractivity contribution in [3.05, 3.63) is 52.3 Å². The fourth-order valence-corrected chi connectivity index (χ4v) is 3.40. The largest absolute Gasteiger partial charge is 0.318 e. The first-order chi connectivity index (χ1) is 9.39. The van der Waals surface area contributed by atoms with E-state index in [2.05, 4.69) is 18.4 Å². The summed E-state index contributed by atoms with van der Waals surface area (Å²) in [4.78, 5) is 12.3. The zero-order chi connectivity index (χ0) is 14.5. The van der Waals surface area contributed by atoms with E-state index in [1.54, 1.807) is 0 Å². The molecule has 1 aliphatic rings. The highest BCUT2D eigenvalue weighted by atomic mass is 35.5. The first-order valence-electron chi connectivity index (χ1n) is 6.88. The molecule has 2 nitrogen and oxygen atoms in total. The minimum absolute atomic E-state index is 0.00927. The van der Waals surface area contributed by atoms with Crippen LogP contribution in [0.1, 0.15) is 41.9 Å². The van der Waals surface area contributed by atoms with Gasteiger partial charge in [-0.2, -0.15) is 0 Å². The number of ketones is 1. The third-order valence-corrected chi connectivity index (χ3v) is 4.31. The summed E-state index contributed by atoms with van der Waals surface area (Å²) >= 11 is 6.37. The molecule has 3 heteroatoms. The molecule has 1 aliphatic carbocycles. The lowest BCUT2D eigenvalue weighted by Crippen LogP contribution is -2.27. The van der Waals surface area contributed by atoms with E-state index in [0.29, 0.717) is 6.42 Å². The van der Waals surface area contributed by atoms with Gasteiger partial charge in [-0.1, -0.05) is 37.6 Å². The highest BCUT2D eigenvalue weighted by Gasteiger charge is 2.33. The van der Waals surface area contributed by atoms with E-state index in [1.807, 2.05) is 37.4 Å². The Labute approximate surface area is 124 Å². The summed E-state index contributed by atoms with van der Waals surface area (Å²) in [6, 6.07) is 7.82. The Morgan fingerprint density at radius 2 is 1.95 bits per heavy atom. The maximum absolute atomic E-state index is 12.3. The van der Waals surface area contributed by atoms with E-state index >= 15 is 0 Å². The SMILES string of the molecule is Cc1cccc(Cl)c1-n1ccc2c1CC(C)(C)CC2=O. The van der Waals surface area contributed by atoms with Crippen molar-refractivity contribution in [1.29, 1.82) is 0 Å². The number of aryl methyl sites for hydroxylation is 1. The van der Waals surface area contributed by atoms with Gasteiger partial charge in [0.05, 0.1) is 10.7 Å². The van der Waals surface area contributed by atoms with Crippen LogP contribution in [0.4, 0.5) is 0 Å². The van der Waals surface area contributed by atoms with Crippen LogP contribution >= 0.6 is 11.6 Å². The van der Waals surface area contributed by atoms with Crippen molar-refractivity contribution in [2.75, 3.05) is 0 Å². The summed E-state index contributed by atoms with van der Waals surface area (Å²) in [5, 5.41) is 0.722. The molecule has 0 radical (unpaired) electrons. The Hall–Kier alpha value is -1.54. The minimum atomic E-state index is 0.00927. The van der Waals surface area contributed by atoms with Gasteiger partial charge in [0.15, 0.2) is 5.78 Å². The van der Waals surface area contributed by atoms with E-state index in [1.165, 1.54) is 0 Å². The molecule has 0 fully saturated rings. The quantitative estimate of drug-likeness (QED) is 0.751. The lowest BCUT2D eigenvalue weighted by atomic mass is 9.76. The molecule has 0 saturated carbocycles. The van der Waals surface area contributed by atoms with Crippen LogP contribution in [0, 0.1) is 12.3 Å². The molecule has 1 aromatic heterocycles. The third-order valence-electron chi connectivity index (χ3n) is 4.01. The predicted molar refractivity (Wildman–Crippen MR) is 81.9 cm³/mol. The Morgan fingerprint density at radius 1 is 1.20 bits per heavy atom. The van der Waals surface area contributed by atoms with Crippen molar-refractivity contribution in [3.8, 4) is 5.69 Å². The molecule has 0 N–H and O–H groups in total. The Morgan fingerprint density at radius 3 is 2.65 bits per heavy atom. The fraction of sp³-hybridized carbons (Fsp3) is 0.353. The summed E-state index contributed by atoms with van der Waals surface area (Å²) in [5.74, 6) is 0.236. The van der Waals surface area contributed by atoms with Crippen LogP contribution in [0.15, 0.2) is 30.5 Å². The molecular formula is C17H18ClNO. The molecule has 1 aromatic carbocycles. The molecule has 0 saturated heterocycles. The molecule has 20 heavy (non-hydrogen) atoms. The maximum Gasteiger partial charge on any atom is 0.165 e. The number of halogens is 1. The summed E-state index contributed by atoms with van der Waals surface area (Å²) in [5.41, 5.74) is 4.05. The summed E-state index contributed by atoms with van der Waals surface area (Å²) < 4.78 is 2.09. The number of carbonyl (C=O) groups is 1. The number of hydrogen-bond acceptors (Lipinski definition) is 1. The van der Waals surface area contributed by atoms with Crippen LogP contribution in [-0.4, -0.2) is 10.4 Å². The van der Waals surface area contributed by atoms with Crippen LogP contribution in [0.5, 0.6) is 0 Å². The van der Waals surface area contributed by atoms with Gasteiger partial charge in [-0.3, -0.25) is 4.79 Å². The van der Waals surface area contributed by atoms with Crippen LogP contribution < -0.4 is 0 Å². The molecule has 3 rings (SSSR count). The minimum Gasteiger partial charge on any atom is -0.318 e. The van der Waals surface area contributed by atoms with Gasteiger partial charge in [0.1, 0.15) is 0 Å². The van der Waals surface area contributed by atoms with Gasteiger partial charge >= 0.3 is 0 Å². The summed E-state index contributed by atoms with van der Waals surface area (Å²) in [7, 11) is 0. The summed E-state index contributed by atoms with van der Waals surface area (Å²) in [6.07, 6.45) is 3.48. The van der Waals surface area contributed by atoms with E-state index in [0.717, 1.165) is 34.0 Å². The van der Waals surface area contributed by atoms with Gasteiger partial charge < -0.3 is 4.57 Å². The van der Waals surface area contributed by atoms with E-state index in [-0.39, 0.29) is 11.2 Å². The normalized spacial score (nSPS) is 17.1. The smallest absolute Gasteiger partial charge is 0.165 e. The zero-order valence-electron chi connectivity index (χ0n) is 12.0. The average Bonchev–Trinajstić information content (AvgIpc) is 2.71. The average molecular weight is 288 g/mol. The highest BCUT2D eigenvalue weighted by molar-refractivity contribution is 6.32. The first-order valence-corrected chi connectivity index (χ1v) is 7.26. The molecular weight excluding hydrogens is 270 g/mol. The second-order valence-electron chi connectivity index (χ2n) is 6.39. The Balaban J connectivity index is 2.21. The van der Waals surface area contributed by atoms with Crippen molar-refractivity contribution in [2.45, 2.75) is 33.6 Å². The van der Waals surface area contributed by atoms with Gasteiger partial charge in [-0.25, -0.2) is 0 Å². The number of rotatable bonds is 1. The lowest BCUT2D eigenvalue weighted by molar-refractivity contribution is 0.0911. The van der Waals surface area contributed by atoms with Crippen molar-refractivity contribution >= 4 is 17.4 Å². The van der Waals surface area contributed by atoms with E-state index in [9.17, 15) is 4.79 Å². The number of nitrogens with zero attached hydrogens (tertiary/aromatic N) is 1. The molecule has 0 bridgehead atoms. The van der Waals surface area contributed by atoms with Gasteiger partial charge in [0.25, 0.3) is 0 Å². The van der Waals surface area contributed by atoms with E-state index < -0.39 is 0 Å². The molecule has 1 heterocycles. The highest BCUT2D eigenvalue weighted by Crippen LogP contribution is 2.37. The molecule has 0 spiro atoms. The number of para-hydroxylation sites is 1. The van der Waals surface area contributed by atoms with Crippen molar-refractivity contribution in [2.24, 2.45) is 5.41 Å². The van der Waals surface area contributed by atoms with Crippen molar-refractivity contribution in [1.82, 2.24) is 4.57 Å². The molecule has 0 aliphatic heterocycles. The van der Waals surface area contributed by atoms with Crippen molar-refractivity contribution < 1.29 is 4.79 Å². The van der Waals surface area contributed by atoms with Crippen LogP contribution in [-0.2, 0) is 6.42 Å². The number of aromatic nitrogens is 1. The van der Waals surface area contributed by atoms with Gasteiger partial charge in [0, 0.05) is 23.9 Å². The van der Waals surface area contributed by atoms with Gasteiger partial charge in [-0.05, 0) is 36.5 Å². The van der Waals surface area contributed by atoms with Gasteiger partial charge in [-0.15, -0.1) is 0 Å². The van der Waals surface area contributed by atoms with E-state index in [4.69, 9.17) is 11.6 Å². The Kier molecular flexibility index (Phi) is 3.02. The molecule has 0 amide bonds. The molecule has 104 valence electrons. The third kappa shape index (κ3) is 2.08. The fourth-order valence-electron chi connectivity index (χ4n) is 3.08. The van der Waals surface area contributed by atoms with Crippen LogP contribution in [0.3, 0.4) is 0 Å². The first kappa shape index (κ1) is 13.4. The van der Waals surface area contributed by atoms with Crippen LogP contribution in [0.25, 0.3) is 5.69 Å². The number of Topliss-reactive ketones (excluding diaryl/α,β-unsaturated/α-hetero) is 1. The Bertz CT molecular complexity index is 677. The number of hydrogen-bond donors (Lipinski definition) is 0. The number of benzene rings is 1. The van der Waals surface area contributed by atoms with Crippen molar-refractivity contribution in [3.63, 3.8) is 0 Å². The maximum atomic E-state index is 12.3. The molecule has 0 unspecified atom stereocenters. The van der Waals surface area contributed by atoms with Crippen LogP contribution in [0.2, 0.25) is 5.02 Å². The van der Waals surface area contributed by atoms with Gasteiger partial charge in [0.2, 0.25) is 0 Å². The predicted octanol–water partition coefficient (Wildman–Crippen LogP) is 4.59. The number of carbonyl (C=O) groups excluding carboxylic acids is 1. The second-order valence-corrected chi connectivity index (χ2v) is 6.80. The molecule has 2 aromatic rings.